The summed E-state index contributed by atoms with van der Waals surface area (Å²) in [6, 6.07) is 0.611. The zero-order chi connectivity index (χ0) is 13.5. The number of likely N-dealkylation sites (tertiary alicyclic amines) is 1. The van der Waals surface area contributed by atoms with E-state index in [1.54, 1.807) is 0 Å². The van der Waals surface area contributed by atoms with E-state index in [2.05, 4.69) is 31.1 Å². The highest BCUT2D eigenvalue weighted by Gasteiger charge is 2.23. The van der Waals surface area contributed by atoms with Gasteiger partial charge in [-0.3, -0.25) is 4.79 Å². The summed E-state index contributed by atoms with van der Waals surface area (Å²) in [4.78, 5) is 16.3. The van der Waals surface area contributed by atoms with Gasteiger partial charge in [0.05, 0.1) is 0 Å². The Balaban J connectivity index is 2.26. The maximum atomic E-state index is 11.9. The minimum Gasteiger partial charge on any atom is -0.343 e. The van der Waals surface area contributed by atoms with Crippen molar-refractivity contribution >= 4 is 5.91 Å². The monoisotopic (exact) mass is 255 g/mol. The first kappa shape index (κ1) is 15.4. The van der Waals surface area contributed by atoms with E-state index in [4.69, 9.17) is 0 Å². The standard InChI is InChI=1S/C14H29N3O/c1-12(2)16(4)11-13-6-9-17(10-7-13)14(18)5-8-15-3/h12-13,15H,5-11H2,1-4H3. The summed E-state index contributed by atoms with van der Waals surface area (Å²) >= 11 is 0. The van der Waals surface area contributed by atoms with Gasteiger partial charge in [0.25, 0.3) is 0 Å². The molecule has 1 fully saturated rings. The van der Waals surface area contributed by atoms with Gasteiger partial charge in [-0.1, -0.05) is 0 Å². The van der Waals surface area contributed by atoms with Crippen LogP contribution in [0.1, 0.15) is 33.1 Å². The van der Waals surface area contributed by atoms with Gasteiger partial charge in [0.1, 0.15) is 0 Å². The number of hydrogen-bond donors (Lipinski definition) is 1. The van der Waals surface area contributed by atoms with Crippen molar-refractivity contribution in [2.24, 2.45) is 5.92 Å². The Hall–Kier alpha value is -0.610. The van der Waals surface area contributed by atoms with E-state index >= 15 is 0 Å². The lowest BCUT2D eigenvalue weighted by molar-refractivity contribution is -0.132. The molecule has 1 aliphatic heterocycles. The molecular formula is C14H29N3O. The number of piperidine rings is 1. The largest absolute Gasteiger partial charge is 0.343 e. The Morgan fingerprint density at radius 2 is 2.00 bits per heavy atom. The predicted octanol–water partition coefficient (Wildman–Crippen LogP) is 1.17. The van der Waals surface area contributed by atoms with Crippen LogP contribution in [-0.2, 0) is 4.79 Å². The molecule has 106 valence electrons. The summed E-state index contributed by atoms with van der Waals surface area (Å²) in [5.74, 6) is 1.06. The van der Waals surface area contributed by atoms with E-state index in [1.807, 2.05) is 11.9 Å². The van der Waals surface area contributed by atoms with Crippen LogP contribution in [-0.4, -0.2) is 62.0 Å². The highest BCUT2D eigenvalue weighted by molar-refractivity contribution is 5.76. The number of carbonyl (C=O) groups is 1. The Bertz CT molecular complexity index is 247. The summed E-state index contributed by atoms with van der Waals surface area (Å²) in [7, 11) is 4.08. The normalized spacial score (nSPS) is 17.8. The van der Waals surface area contributed by atoms with Gasteiger partial charge in [0.15, 0.2) is 0 Å². The maximum Gasteiger partial charge on any atom is 0.223 e. The van der Waals surface area contributed by atoms with Gasteiger partial charge in [-0.25, -0.2) is 0 Å². The zero-order valence-electron chi connectivity index (χ0n) is 12.4. The van der Waals surface area contributed by atoms with Crippen LogP contribution in [0.5, 0.6) is 0 Å². The minimum absolute atomic E-state index is 0.306. The van der Waals surface area contributed by atoms with Crippen molar-refractivity contribution in [2.45, 2.75) is 39.2 Å². The molecule has 0 aromatic rings. The molecule has 0 spiro atoms. The van der Waals surface area contributed by atoms with Gasteiger partial charge in [0, 0.05) is 38.6 Å². The summed E-state index contributed by atoms with van der Waals surface area (Å²) in [5.41, 5.74) is 0. The summed E-state index contributed by atoms with van der Waals surface area (Å²) in [6.45, 7) is 8.30. The van der Waals surface area contributed by atoms with Crippen molar-refractivity contribution in [2.75, 3.05) is 40.3 Å². The van der Waals surface area contributed by atoms with Gasteiger partial charge >= 0.3 is 0 Å². The van der Waals surface area contributed by atoms with E-state index in [1.165, 1.54) is 0 Å². The second-order valence-corrected chi connectivity index (χ2v) is 5.71. The molecule has 0 radical (unpaired) electrons. The zero-order valence-corrected chi connectivity index (χ0v) is 12.4. The Morgan fingerprint density at radius 1 is 1.39 bits per heavy atom. The summed E-state index contributed by atoms with van der Waals surface area (Å²) in [6.07, 6.45) is 2.94. The van der Waals surface area contributed by atoms with Crippen LogP contribution in [0, 0.1) is 5.92 Å². The van der Waals surface area contributed by atoms with E-state index in [0.717, 1.165) is 44.9 Å². The molecule has 1 aliphatic rings. The third kappa shape index (κ3) is 4.94. The Kier molecular flexibility index (Phi) is 6.65. The molecule has 0 atom stereocenters. The molecule has 0 aliphatic carbocycles. The Morgan fingerprint density at radius 3 is 2.50 bits per heavy atom. The first-order valence-electron chi connectivity index (χ1n) is 7.17. The number of hydrogen-bond acceptors (Lipinski definition) is 3. The summed E-state index contributed by atoms with van der Waals surface area (Å²) < 4.78 is 0. The molecule has 0 bridgehead atoms. The number of nitrogens with one attached hydrogen (secondary N) is 1. The molecular weight excluding hydrogens is 226 g/mol. The molecule has 1 amide bonds. The lowest BCUT2D eigenvalue weighted by atomic mass is 9.95. The topological polar surface area (TPSA) is 35.6 Å². The molecule has 0 aromatic carbocycles. The minimum atomic E-state index is 0.306. The van der Waals surface area contributed by atoms with Crippen molar-refractivity contribution < 1.29 is 4.79 Å². The quantitative estimate of drug-likeness (QED) is 0.774. The SMILES string of the molecule is CNCCC(=O)N1CCC(CN(C)C(C)C)CC1. The van der Waals surface area contributed by atoms with Crippen molar-refractivity contribution in [1.29, 1.82) is 0 Å². The molecule has 1 saturated heterocycles. The van der Waals surface area contributed by atoms with E-state index in [-0.39, 0.29) is 0 Å². The molecule has 1 rings (SSSR count). The van der Waals surface area contributed by atoms with Crippen LogP contribution in [0.4, 0.5) is 0 Å². The molecule has 1 N–H and O–H groups in total. The van der Waals surface area contributed by atoms with Crippen molar-refractivity contribution in [3.8, 4) is 0 Å². The predicted molar refractivity (Wildman–Crippen MR) is 75.6 cm³/mol. The van der Waals surface area contributed by atoms with E-state index in [0.29, 0.717) is 18.4 Å². The van der Waals surface area contributed by atoms with Crippen molar-refractivity contribution in [1.82, 2.24) is 15.1 Å². The summed E-state index contributed by atoms with van der Waals surface area (Å²) in [5, 5.41) is 3.03. The van der Waals surface area contributed by atoms with E-state index < -0.39 is 0 Å². The average molecular weight is 255 g/mol. The molecule has 0 unspecified atom stereocenters. The highest BCUT2D eigenvalue weighted by atomic mass is 16.2. The first-order chi connectivity index (χ1) is 8.54. The lowest BCUT2D eigenvalue weighted by Gasteiger charge is -2.35. The Labute approximate surface area is 112 Å². The van der Waals surface area contributed by atoms with Crippen LogP contribution in [0.25, 0.3) is 0 Å². The molecule has 4 heteroatoms. The van der Waals surface area contributed by atoms with Crippen LogP contribution < -0.4 is 5.32 Å². The van der Waals surface area contributed by atoms with Crippen LogP contribution in [0.2, 0.25) is 0 Å². The third-order valence-corrected chi connectivity index (χ3v) is 3.98. The number of nitrogens with zero attached hydrogens (tertiary/aromatic N) is 2. The molecule has 0 saturated carbocycles. The smallest absolute Gasteiger partial charge is 0.223 e. The fraction of sp³-hybridized carbons (Fsp3) is 0.929. The van der Waals surface area contributed by atoms with Gasteiger partial charge in [-0.05, 0) is 46.7 Å². The lowest BCUT2D eigenvalue weighted by Crippen LogP contribution is -2.42. The van der Waals surface area contributed by atoms with E-state index in [9.17, 15) is 4.79 Å². The first-order valence-corrected chi connectivity index (χ1v) is 7.17. The second kappa shape index (κ2) is 7.74. The molecule has 0 aromatic heterocycles. The van der Waals surface area contributed by atoms with Gasteiger partial charge in [-0.2, -0.15) is 0 Å². The fourth-order valence-electron chi connectivity index (χ4n) is 2.37. The maximum absolute atomic E-state index is 11.9. The van der Waals surface area contributed by atoms with Gasteiger partial charge < -0.3 is 15.1 Å². The number of carbonyl (C=O) groups excluding carboxylic acids is 1. The second-order valence-electron chi connectivity index (χ2n) is 5.71. The molecule has 1 heterocycles. The number of amides is 1. The molecule has 4 nitrogen and oxygen atoms in total. The third-order valence-electron chi connectivity index (χ3n) is 3.98. The van der Waals surface area contributed by atoms with Crippen LogP contribution in [0.3, 0.4) is 0 Å². The highest BCUT2D eigenvalue weighted by Crippen LogP contribution is 2.19. The van der Waals surface area contributed by atoms with Gasteiger partial charge in [-0.15, -0.1) is 0 Å². The number of rotatable bonds is 6. The average Bonchev–Trinajstić information content (AvgIpc) is 2.36. The van der Waals surface area contributed by atoms with Crippen LogP contribution in [0.15, 0.2) is 0 Å². The van der Waals surface area contributed by atoms with Crippen molar-refractivity contribution in [3.05, 3.63) is 0 Å². The van der Waals surface area contributed by atoms with Crippen LogP contribution >= 0.6 is 0 Å². The van der Waals surface area contributed by atoms with Gasteiger partial charge in [0.2, 0.25) is 5.91 Å². The molecule has 18 heavy (non-hydrogen) atoms. The fourth-order valence-corrected chi connectivity index (χ4v) is 2.37. The van der Waals surface area contributed by atoms with Crippen molar-refractivity contribution in [3.63, 3.8) is 0 Å².